The van der Waals surface area contributed by atoms with Crippen LogP contribution < -0.4 is 0 Å². The Balaban J connectivity index is 2.20. The Labute approximate surface area is 120 Å². The van der Waals surface area contributed by atoms with Crippen molar-refractivity contribution in [1.82, 2.24) is 4.90 Å². The van der Waals surface area contributed by atoms with E-state index >= 15 is 0 Å². The summed E-state index contributed by atoms with van der Waals surface area (Å²) in [6.07, 6.45) is -0.670. The summed E-state index contributed by atoms with van der Waals surface area (Å²) in [4.78, 5) is 1.78. The molecule has 6 nitrogen and oxygen atoms in total. The zero-order chi connectivity index (χ0) is 14.1. The van der Waals surface area contributed by atoms with Crippen LogP contribution in [-0.4, -0.2) is 65.8 Å². The van der Waals surface area contributed by atoms with E-state index in [0.29, 0.717) is 36.7 Å². The third kappa shape index (κ3) is 7.05. The maximum atomic E-state index is 9.79. The standard InChI is InChI=1S/C12H20BrNO5/c13-12-2-1-11(19-12)9-18-8-10(17)7-14(3-5-15)4-6-16/h1-2,10,15-17H,3-9H2. The second-order valence-corrected chi connectivity index (χ2v) is 4.90. The molecule has 1 atom stereocenters. The molecule has 0 aliphatic heterocycles. The molecule has 1 heterocycles. The first-order valence-electron chi connectivity index (χ1n) is 6.09. The molecule has 0 saturated heterocycles. The summed E-state index contributed by atoms with van der Waals surface area (Å²) in [6.45, 7) is 1.64. The minimum atomic E-state index is -0.670. The van der Waals surface area contributed by atoms with Gasteiger partial charge >= 0.3 is 0 Å². The van der Waals surface area contributed by atoms with Crippen LogP contribution in [0.25, 0.3) is 0 Å². The number of nitrogens with zero attached hydrogens (tertiary/aromatic N) is 1. The van der Waals surface area contributed by atoms with Gasteiger partial charge in [0.25, 0.3) is 0 Å². The van der Waals surface area contributed by atoms with Gasteiger partial charge in [0, 0.05) is 19.6 Å². The first kappa shape index (κ1) is 16.6. The predicted octanol–water partition coefficient (Wildman–Crippen LogP) is 0.206. The minimum absolute atomic E-state index is 0.00595. The summed E-state index contributed by atoms with van der Waals surface area (Å²) in [5.41, 5.74) is 0. The van der Waals surface area contributed by atoms with Crippen molar-refractivity contribution in [1.29, 1.82) is 0 Å². The largest absolute Gasteiger partial charge is 0.452 e. The maximum absolute atomic E-state index is 9.79. The van der Waals surface area contributed by atoms with Crippen molar-refractivity contribution >= 4 is 15.9 Å². The Morgan fingerprint density at radius 2 is 1.95 bits per heavy atom. The van der Waals surface area contributed by atoms with Crippen LogP contribution in [0, 0.1) is 0 Å². The molecule has 0 fully saturated rings. The summed E-state index contributed by atoms with van der Waals surface area (Å²) in [6, 6.07) is 3.57. The van der Waals surface area contributed by atoms with Crippen LogP contribution in [-0.2, 0) is 11.3 Å². The van der Waals surface area contributed by atoms with Gasteiger partial charge < -0.3 is 24.5 Å². The van der Waals surface area contributed by atoms with E-state index in [9.17, 15) is 5.11 Å². The maximum Gasteiger partial charge on any atom is 0.169 e. The van der Waals surface area contributed by atoms with Crippen molar-refractivity contribution < 1.29 is 24.5 Å². The van der Waals surface area contributed by atoms with Gasteiger partial charge in [-0.05, 0) is 28.1 Å². The van der Waals surface area contributed by atoms with E-state index in [0.717, 1.165) is 0 Å². The summed E-state index contributed by atoms with van der Waals surface area (Å²) in [5, 5.41) is 27.5. The van der Waals surface area contributed by atoms with Gasteiger partial charge in [-0.25, -0.2) is 0 Å². The van der Waals surface area contributed by atoms with E-state index in [1.165, 1.54) is 0 Å². The van der Waals surface area contributed by atoms with Crippen molar-refractivity contribution in [2.75, 3.05) is 39.5 Å². The lowest BCUT2D eigenvalue weighted by molar-refractivity contribution is 0.000746. The molecule has 0 saturated carbocycles. The highest BCUT2D eigenvalue weighted by atomic mass is 79.9. The zero-order valence-electron chi connectivity index (χ0n) is 10.7. The van der Waals surface area contributed by atoms with Crippen molar-refractivity contribution in [3.8, 4) is 0 Å². The van der Waals surface area contributed by atoms with Gasteiger partial charge in [-0.15, -0.1) is 0 Å². The van der Waals surface area contributed by atoms with Crippen molar-refractivity contribution in [3.63, 3.8) is 0 Å². The van der Waals surface area contributed by atoms with Crippen LogP contribution in [0.5, 0.6) is 0 Å². The van der Waals surface area contributed by atoms with Crippen LogP contribution in [0.15, 0.2) is 21.2 Å². The molecule has 0 amide bonds. The van der Waals surface area contributed by atoms with Crippen LogP contribution >= 0.6 is 15.9 Å². The number of aliphatic hydroxyl groups excluding tert-OH is 3. The summed E-state index contributed by atoms with van der Waals surface area (Å²) in [7, 11) is 0. The predicted molar refractivity (Wildman–Crippen MR) is 72.7 cm³/mol. The lowest BCUT2D eigenvalue weighted by atomic mass is 10.3. The third-order valence-corrected chi connectivity index (χ3v) is 2.91. The molecule has 19 heavy (non-hydrogen) atoms. The Hall–Kier alpha value is -0.440. The Bertz CT molecular complexity index is 341. The van der Waals surface area contributed by atoms with Gasteiger partial charge in [0.05, 0.1) is 25.9 Å². The fraction of sp³-hybridized carbons (Fsp3) is 0.667. The lowest BCUT2D eigenvalue weighted by Gasteiger charge is -2.23. The molecule has 1 unspecified atom stereocenters. The van der Waals surface area contributed by atoms with Crippen molar-refractivity contribution in [2.45, 2.75) is 12.7 Å². The lowest BCUT2D eigenvalue weighted by Crippen LogP contribution is -2.38. The SMILES string of the molecule is OCCN(CCO)CC(O)COCc1ccc(Br)o1. The molecule has 0 aromatic carbocycles. The zero-order valence-corrected chi connectivity index (χ0v) is 12.3. The second kappa shape index (κ2) is 9.46. The fourth-order valence-corrected chi connectivity index (χ4v) is 1.99. The van der Waals surface area contributed by atoms with Gasteiger partial charge in [-0.2, -0.15) is 0 Å². The average molecular weight is 338 g/mol. The number of halogens is 1. The Morgan fingerprint density at radius 1 is 1.26 bits per heavy atom. The van der Waals surface area contributed by atoms with Gasteiger partial charge in [-0.3, -0.25) is 4.90 Å². The highest BCUT2D eigenvalue weighted by molar-refractivity contribution is 9.10. The summed E-state index contributed by atoms with van der Waals surface area (Å²) >= 11 is 3.19. The van der Waals surface area contributed by atoms with Gasteiger partial charge in [-0.1, -0.05) is 0 Å². The van der Waals surface area contributed by atoms with Crippen LogP contribution in [0.4, 0.5) is 0 Å². The molecule has 7 heteroatoms. The van der Waals surface area contributed by atoms with Gasteiger partial charge in [0.2, 0.25) is 0 Å². The molecule has 0 aliphatic rings. The molecule has 1 aromatic heterocycles. The topological polar surface area (TPSA) is 86.3 Å². The highest BCUT2D eigenvalue weighted by Crippen LogP contribution is 2.14. The second-order valence-electron chi connectivity index (χ2n) is 4.12. The Kier molecular flexibility index (Phi) is 8.27. The first-order chi connectivity index (χ1) is 9.15. The summed E-state index contributed by atoms with van der Waals surface area (Å²) < 4.78 is 11.2. The van der Waals surface area contributed by atoms with E-state index in [1.54, 1.807) is 17.0 Å². The highest BCUT2D eigenvalue weighted by Gasteiger charge is 2.11. The molecular weight excluding hydrogens is 318 g/mol. The Morgan fingerprint density at radius 3 is 2.47 bits per heavy atom. The van der Waals surface area contributed by atoms with Crippen molar-refractivity contribution in [2.24, 2.45) is 0 Å². The van der Waals surface area contributed by atoms with Gasteiger partial charge in [0.15, 0.2) is 4.67 Å². The number of hydrogen-bond acceptors (Lipinski definition) is 6. The van der Waals surface area contributed by atoms with Crippen LogP contribution in [0.2, 0.25) is 0 Å². The average Bonchev–Trinajstić information content (AvgIpc) is 2.76. The molecule has 1 rings (SSSR count). The normalized spacial score (nSPS) is 13.1. The number of ether oxygens (including phenoxy) is 1. The molecule has 0 spiro atoms. The monoisotopic (exact) mass is 337 g/mol. The minimum Gasteiger partial charge on any atom is -0.452 e. The van der Waals surface area contributed by atoms with Gasteiger partial charge in [0.1, 0.15) is 12.4 Å². The fourth-order valence-electron chi connectivity index (χ4n) is 1.65. The molecule has 3 N–H and O–H groups in total. The van der Waals surface area contributed by atoms with Crippen LogP contribution in [0.1, 0.15) is 5.76 Å². The van der Waals surface area contributed by atoms with E-state index in [2.05, 4.69) is 15.9 Å². The molecule has 1 aromatic rings. The number of rotatable bonds is 10. The molecule has 0 aliphatic carbocycles. The van der Waals surface area contributed by atoms with E-state index in [-0.39, 0.29) is 19.8 Å². The number of hydrogen-bond donors (Lipinski definition) is 3. The molecule has 0 radical (unpaired) electrons. The summed E-state index contributed by atoms with van der Waals surface area (Å²) in [5.74, 6) is 0.682. The molecule has 0 bridgehead atoms. The van der Waals surface area contributed by atoms with Crippen molar-refractivity contribution in [3.05, 3.63) is 22.6 Å². The molecular formula is C12H20BrNO5. The smallest absolute Gasteiger partial charge is 0.169 e. The van der Waals surface area contributed by atoms with E-state index in [1.807, 2.05) is 0 Å². The van der Waals surface area contributed by atoms with Crippen LogP contribution in [0.3, 0.4) is 0 Å². The molecule has 110 valence electrons. The number of aliphatic hydroxyl groups is 3. The van der Waals surface area contributed by atoms with E-state index < -0.39 is 6.10 Å². The third-order valence-electron chi connectivity index (χ3n) is 2.48. The quantitative estimate of drug-likeness (QED) is 0.565. The first-order valence-corrected chi connectivity index (χ1v) is 6.89. The number of furan rings is 1. The van der Waals surface area contributed by atoms with E-state index in [4.69, 9.17) is 19.4 Å².